The Morgan fingerprint density at radius 1 is 1.33 bits per heavy atom. The largest absolute Gasteiger partial charge is 0.377 e. The fraction of sp³-hybridized carbons (Fsp3) is 0.417. The minimum absolute atomic E-state index is 0.307. The van der Waals surface area contributed by atoms with Gasteiger partial charge in [-0.25, -0.2) is 4.39 Å². The van der Waals surface area contributed by atoms with Gasteiger partial charge in [0.2, 0.25) is 0 Å². The molecule has 1 aromatic carbocycles. The fourth-order valence-electron chi connectivity index (χ4n) is 1.46. The molecule has 0 radical (unpaired) electrons. The van der Waals surface area contributed by atoms with Gasteiger partial charge in [-0.2, -0.15) is 5.26 Å². The normalized spacial score (nSPS) is 10.9. The lowest BCUT2D eigenvalue weighted by Gasteiger charge is -2.24. The van der Waals surface area contributed by atoms with Gasteiger partial charge in [0.1, 0.15) is 5.82 Å². The third-order valence-electron chi connectivity index (χ3n) is 2.39. The van der Waals surface area contributed by atoms with Gasteiger partial charge in [-0.15, -0.1) is 0 Å². The van der Waals surface area contributed by atoms with Crippen molar-refractivity contribution in [1.82, 2.24) is 0 Å². The van der Waals surface area contributed by atoms with E-state index in [-0.39, 0.29) is 5.82 Å². The standard InChI is InChI=1S/C12H15FN2/c1-12(2,8-14)10-7-9(13)5-6-11(10)15(3)4/h5-7H,1-4H3. The highest BCUT2D eigenvalue weighted by molar-refractivity contribution is 5.57. The minimum atomic E-state index is -0.679. The second kappa shape index (κ2) is 3.90. The predicted octanol–water partition coefficient (Wildman–Crippen LogP) is 2.69. The molecule has 0 saturated carbocycles. The molecule has 0 aliphatic carbocycles. The first-order valence-electron chi connectivity index (χ1n) is 4.77. The van der Waals surface area contributed by atoms with Crippen molar-refractivity contribution in [2.45, 2.75) is 19.3 Å². The lowest BCUT2D eigenvalue weighted by Crippen LogP contribution is -2.20. The van der Waals surface area contributed by atoms with Crippen molar-refractivity contribution in [3.63, 3.8) is 0 Å². The van der Waals surface area contributed by atoms with Crippen molar-refractivity contribution in [2.75, 3.05) is 19.0 Å². The van der Waals surface area contributed by atoms with Crippen LogP contribution in [-0.4, -0.2) is 14.1 Å². The maximum absolute atomic E-state index is 13.1. The number of anilines is 1. The molecule has 0 amide bonds. The fourth-order valence-corrected chi connectivity index (χ4v) is 1.46. The Hall–Kier alpha value is -1.56. The zero-order valence-corrected chi connectivity index (χ0v) is 9.50. The van der Waals surface area contributed by atoms with E-state index in [9.17, 15) is 4.39 Å². The zero-order valence-electron chi connectivity index (χ0n) is 9.50. The molecular weight excluding hydrogens is 191 g/mol. The topological polar surface area (TPSA) is 27.0 Å². The first-order chi connectivity index (χ1) is 6.88. The van der Waals surface area contributed by atoms with E-state index in [0.29, 0.717) is 0 Å². The third kappa shape index (κ3) is 2.27. The maximum Gasteiger partial charge on any atom is 0.123 e. The molecule has 0 saturated heterocycles. The quantitative estimate of drug-likeness (QED) is 0.743. The molecule has 0 aliphatic heterocycles. The summed E-state index contributed by atoms with van der Waals surface area (Å²) in [5, 5.41) is 9.05. The van der Waals surface area contributed by atoms with Crippen LogP contribution in [-0.2, 0) is 5.41 Å². The van der Waals surface area contributed by atoms with Crippen LogP contribution in [0.2, 0.25) is 0 Å². The summed E-state index contributed by atoms with van der Waals surface area (Å²) in [6, 6.07) is 6.72. The number of hydrogen-bond acceptors (Lipinski definition) is 2. The van der Waals surface area contributed by atoms with Crippen molar-refractivity contribution in [2.24, 2.45) is 0 Å². The number of nitrogens with zero attached hydrogens (tertiary/aromatic N) is 2. The molecule has 80 valence electrons. The first-order valence-corrected chi connectivity index (χ1v) is 4.77. The second-order valence-electron chi connectivity index (χ2n) is 4.29. The van der Waals surface area contributed by atoms with Gasteiger partial charge >= 0.3 is 0 Å². The lowest BCUT2D eigenvalue weighted by atomic mass is 9.85. The van der Waals surface area contributed by atoms with Crippen LogP contribution in [0.15, 0.2) is 18.2 Å². The number of rotatable bonds is 2. The van der Waals surface area contributed by atoms with Gasteiger partial charge in [0.05, 0.1) is 11.5 Å². The molecule has 0 fully saturated rings. The Morgan fingerprint density at radius 2 is 1.93 bits per heavy atom. The van der Waals surface area contributed by atoms with E-state index in [1.165, 1.54) is 12.1 Å². The van der Waals surface area contributed by atoms with Gasteiger partial charge < -0.3 is 4.90 Å². The molecule has 2 nitrogen and oxygen atoms in total. The Kier molecular flexibility index (Phi) is 2.99. The van der Waals surface area contributed by atoms with E-state index in [1.54, 1.807) is 19.9 Å². The molecule has 0 spiro atoms. The summed E-state index contributed by atoms with van der Waals surface area (Å²) in [6.45, 7) is 3.57. The predicted molar refractivity (Wildman–Crippen MR) is 59.4 cm³/mol. The van der Waals surface area contributed by atoms with E-state index in [2.05, 4.69) is 6.07 Å². The minimum Gasteiger partial charge on any atom is -0.377 e. The summed E-state index contributed by atoms with van der Waals surface area (Å²) in [6.07, 6.45) is 0. The Balaban J connectivity index is 3.39. The summed E-state index contributed by atoms with van der Waals surface area (Å²) in [5.74, 6) is -0.307. The number of halogens is 1. The van der Waals surface area contributed by atoms with Crippen LogP contribution >= 0.6 is 0 Å². The maximum atomic E-state index is 13.1. The van der Waals surface area contributed by atoms with Gasteiger partial charge in [0.25, 0.3) is 0 Å². The molecule has 3 heteroatoms. The Bertz CT molecular complexity index is 403. The Labute approximate surface area is 89.9 Å². The lowest BCUT2D eigenvalue weighted by molar-refractivity contribution is 0.612. The van der Waals surface area contributed by atoms with Crippen molar-refractivity contribution in [3.05, 3.63) is 29.6 Å². The molecule has 0 aromatic heterocycles. The third-order valence-corrected chi connectivity index (χ3v) is 2.39. The summed E-state index contributed by atoms with van der Waals surface area (Å²) >= 11 is 0. The molecule has 0 N–H and O–H groups in total. The van der Waals surface area contributed by atoms with Crippen molar-refractivity contribution in [1.29, 1.82) is 5.26 Å². The van der Waals surface area contributed by atoms with E-state index in [1.807, 2.05) is 19.0 Å². The van der Waals surface area contributed by atoms with Crippen LogP contribution in [0, 0.1) is 17.1 Å². The van der Waals surface area contributed by atoms with Gasteiger partial charge in [-0.1, -0.05) is 0 Å². The van der Waals surface area contributed by atoms with Crippen molar-refractivity contribution < 1.29 is 4.39 Å². The molecule has 0 unspecified atom stereocenters. The Morgan fingerprint density at radius 3 is 2.40 bits per heavy atom. The summed E-state index contributed by atoms with van der Waals surface area (Å²) in [7, 11) is 3.76. The smallest absolute Gasteiger partial charge is 0.123 e. The first kappa shape index (κ1) is 11.5. The van der Waals surface area contributed by atoms with Crippen LogP contribution in [0.5, 0.6) is 0 Å². The summed E-state index contributed by atoms with van der Waals surface area (Å²) in [4.78, 5) is 1.88. The zero-order chi connectivity index (χ0) is 11.6. The molecule has 0 bridgehead atoms. The van der Waals surface area contributed by atoms with E-state index >= 15 is 0 Å². The average Bonchev–Trinajstić information content (AvgIpc) is 2.17. The number of nitriles is 1. The highest BCUT2D eigenvalue weighted by Gasteiger charge is 2.24. The molecule has 0 atom stereocenters. The van der Waals surface area contributed by atoms with Crippen LogP contribution in [0.1, 0.15) is 19.4 Å². The highest BCUT2D eigenvalue weighted by Crippen LogP contribution is 2.31. The van der Waals surface area contributed by atoms with Crippen LogP contribution in [0.3, 0.4) is 0 Å². The van der Waals surface area contributed by atoms with Crippen molar-refractivity contribution >= 4 is 5.69 Å². The van der Waals surface area contributed by atoms with Crippen LogP contribution in [0.25, 0.3) is 0 Å². The monoisotopic (exact) mass is 206 g/mol. The highest BCUT2D eigenvalue weighted by atomic mass is 19.1. The van der Waals surface area contributed by atoms with Gasteiger partial charge in [-0.3, -0.25) is 0 Å². The van der Waals surface area contributed by atoms with Crippen LogP contribution < -0.4 is 4.90 Å². The van der Waals surface area contributed by atoms with E-state index in [4.69, 9.17) is 5.26 Å². The number of benzene rings is 1. The molecule has 1 rings (SSSR count). The van der Waals surface area contributed by atoms with E-state index in [0.717, 1.165) is 11.3 Å². The molecule has 0 heterocycles. The molecule has 15 heavy (non-hydrogen) atoms. The number of hydrogen-bond donors (Lipinski definition) is 0. The SMILES string of the molecule is CN(C)c1ccc(F)cc1C(C)(C)C#N. The molecule has 0 aliphatic rings. The molecular formula is C12H15FN2. The van der Waals surface area contributed by atoms with Gasteiger partial charge in [0.15, 0.2) is 0 Å². The summed E-state index contributed by atoms with van der Waals surface area (Å²) in [5.41, 5.74) is 0.916. The van der Waals surface area contributed by atoms with E-state index < -0.39 is 5.41 Å². The van der Waals surface area contributed by atoms with Gasteiger partial charge in [0, 0.05) is 19.8 Å². The van der Waals surface area contributed by atoms with Crippen molar-refractivity contribution in [3.8, 4) is 6.07 Å². The second-order valence-corrected chi connectivity index (χ2v) is 4.29. The van der Waals surface area contributed by atoms with Crippen LogP contribution in [0.4, 0.5) is 10.1 Å². The average molecular weight is 206 g/mol. The van der Waals surface area contributed by atoms with Gasteiger partial charge in [-0.05, 0) is 37.6 Å². The molecule has 1 aromatic rings. The summed E-state index contributed by atoms with van der Waals surface area (Å²) < 4.78 is 13.1.